The second-order valence-electron chi connectivity index (χ2n) is 17.6. The van der Waals surface area contributed by atoms with Crippen molar-refractivity contribution in [1.82, 2.24) is 0 Å². The van der Waals surface area contributed by atoms with Gasteiger partial charge in [0.15, 0.2) is 0 Å². The van der Waals surface area contributed by atoms with Crippen molar-refractivity contribution in [1.29, 1.82) is 0 Å². The van der Waals surface area contributed by atoms with E-state index in [1.165, 1.54) is 0 Å². The molecule has 7 heteroatoms. The minimum absolute atomic E-state index is 0.0536. The van der Waals surface area contributed by atoms with Gasteiger partial charge < -0.3 is 35.7 Å². The van der Waals surface area contributed by atoms with Crippen LogP contribution in [0.3, 0.4) is 0 Å². The summed E-state index contributed by atoms with van der Waals surface area (Å²) >= 11 is 0. The van der Waals surface area contributed by atoms with E-state index in [4.69, 9.17) is 0 Å². The first-order chi connectivity index (χ1) is 29.5. The van der Waals surface area contributed by atoms with Crippen LogP contribution in [0.1, 0.15) is 51.8 Å². The minimum Gasteiger partial charge on any atom is -0.508 e. The zero-order valence-corrected chi connectivity index (χ0v) is 33.1. The molecule has 6 unspecified atom stereocenters. The summed E-state index contributed by atoms with van der Waals surface area (Å²) in [5.74, 6) is 0.625. The molecule has 7 aromatic rings. The van der Waals surface area contributed by atoms with Gasteiger partial charge >= 0.3 is 0 Å². The van der Waals surface area contributed by atoms with E-state index in [1.807, 2.05) is 60.7 Å². The fraction of sp³-hybridized carbons (Fsp3) is 0.185. The molecule has 6 atom stereocenters. The molecule has 0 aromatic heterocycles. The van der Waals surface area contributed by atoms with E-state index in [0.717, 1.165) is 45.4 Å². The average molecular weight is 805 g/mol. The molecule has 3 saturated carbocycles. The summed E-state index contributed by atoms with van der Waals surface area (Å²) in [6.45, 7) is 0. The van der Waals surface area contributed by atoms with Gasteiger partial charge in [-0.25, -0.2) is 0 Å². The second kappa shape index (κ2) is 12.7. The Labute approximate surface area is 353 Å². The Balaban J connectivity index is 1.45. The number of benzene rings is 7. The van der Waals surface area contributed by atoms with E-state index in [-0.39, 0.29) is 58.0 Å². The third-order valence-corrected chi connectivity index (χ3v) is 15.6. The summed E-state index contributed by atoms with van der Waals surface area (Å²) < 4.78 is 0. The molecule has 0 heterocycles. The number of hydrogen-bond donors (Lipinski definition) is 7. The van der Waals surface area contributed by atoms with Gasteiger partial charge in [-0.1, -0.05) is 97.1 Å². The normalized spacial score (nSPS) is 27.2. The van der Waals surface area contributed by atoms with Crippen molar-refractivity contribution in [3.63, 3.8) is 0 Å². The predicted molar refractivity (Wildman–Crippen MR) is 232 cm³/mol. The molecule has 0 aliphatic heterocycles. The Hall–Kier alpha value is -7.12. The van der Waals surface area contributed by atoms with E-state index >= 15 is 0 Å². The molecule has 7 nitrogen and oxygen atoms in total. The summed E-state index contributed by atoms with van der Waals surface area (Å²) in [5.41, 5.74) is 1.97. The molecule has 61 heavy (non-hydrogen) atoms. The molecule has 0 amide bonds. The van der Waals surface area contributed by atoms with Crippen LogP contribution in [0.4, 0.5) is 0 Å². The molecule has 302 valence electrons. The van der Waals surface area contributed by atoms with Crippen LogP contribution < -0.4 is 0 Å². The van der Waals surface area contributed by atoms with Gasteiger partial charge in [-0.15, -0.1) is 0 Å². The third kappa shape index (κ3) is 4.38. The lowest BCUT2D eigenvalue weighted by molar-refractivity contribution is 0.00848. The summed E-state index contributed by atoms with van der Waals surface area (Å²) in [4.78, 5) is 0. The Morgan fingerprint density at radius 2 is 0.672 bits per heavy atom. The largest absolute Gasteiger partial charge is 0.508 e. The first-order valence-electron chi connectivity index (χ1n) is 20.8. The van der Waals surface area contributed by atoms with E-state index in [2.05, 4.69) is 36.4 Å². The maximum absolute atomic E-state index is 11.1. The number of phenols is 7. The minimum atomic E-state index is -1.17. The number of aromatic hydroxyl groups is 7. The van der Waals surface area contributed by atoms with Crippen molar-refractivity contribution in [3.05, 3.63) is 221 Å². The molecular formula is C54H44O7. The summed E-state index contributed by atoms with van der Waals surface area (Å²) in [5, 5.41) is 77.0. The molecule has 11 rings (SSSR count). The average Bonchev–Trinajstić information content (AvgIpc) is 4.01. The Bertz CT molecular complexity index is 2720. The van der Waals surface area contributed by atoms with Crippen molar-refractivity contribution >= 4 is 0 Å². The van der Waals surface area contributed by atoms with Crippen LogP contribution in [-0.2, 0) is 27.1 Å². The number of phenolic OH excluding ortho intramolecular Hbond substituents is 7. The number of hydrogen-bond acceptors (Lipinski definition) is 7. The first-order valence-corrected chi connectivity index (χ1v) is 20.8. The molecule has 0 saturated heterocycles. The van der Waals surface area contributed by atoms with Crippen molar-refractivity contribution in [3.8, 4) is 40.2 Å². The van der Waals surface area contributed by atoms with E-state index in [0.29, 0.717) is 6.42 Å². The highest BCUT2D eigenvalue weighted by molar-refractivity contribution is 5.74. The van der Waals surface area contributed by atoms with Crippen LogP contribution in [0.25, 0.3) is 0 Å². The lowest BCUT2D eigenvalue weighted by Crippen LogP contribution is -2.74. The van der Waals surface area contributed by atoms with Gasteiger partial charge in [-0.2, -0.15) is 0 Å². The van der Waals surface area contributed by atoms with Gasteiger partial charge in [0.25, 0.3) is 0 Å². The van der Waals surface area contributed by atoms with E-state index in [1.54, 1.807) is 84.9 Å². The Morgan fingerprint density at radius 3 is 1.07 bits per heavy atom. The quantitative estimate of drug-likeness (QED) is 0.0628. The highest BCUT2D eigenvalue weighted by Crippen LogP contribution is 2.90. The van der Waals surface area contributed by atoms with Gasteiger partial charge in [0.1, 0.15) is 40.2 Å². The van der Waals surface area contributed by atoms with Crippen LogP contribution in [0.2, 0.25) is 0 Å². The highest BCUT2D eigenvalue weighted by Gasteiger charge is 2.91. The second-order valence-corrected chi connectivity index (χ2v) is 17.6. The summed E-state index contributed by atoms with van der Waals surface area (Å²) in [6, 6.07) is 52.9. The molecule has 0 spiro atoms. The molecule has 4 aliphatic rings. The van der Waals surface area contributed by atoms with Crippen molar-refractivity contribution < 1.29 is 35.7 Å². The molecule has 4 aliphatic carbocycles. The molecule has 3 fully saturated rings. The standard InChI is InChI=1S/C54H44O7/c55-41-15-1-34(2-16-41)50-30-29-33(31-50)49-48-32-51(35-3-17-42(56)18-4-35,54(49,50)40-13-27-47(61)28-14-40)53(38-9-23-45(59)24-10-38,39-11-25-46(60)26-12-39)52(48,36-5-19-43(57)20-6-36)37-7-21-44(58)22-8-37/h1-30,33,48-49,55-61H,31-32H2. The van der Waals surface area contributed by atoms with Gasteiger partial charge in [-0.3, -0.25) is 0 Å². The van der Waals surface area contributed by atoms with Crippen LogP contribution >= 0.6 is 0 Å². The SMILES string of the molecule is Oc1ccc(C23C=CC(C2)C2C4CC(c5ccc(O)cc5)(C(c5ccc(O)cc5)(c5ccc(O)cc5)C4(c4ccc(O)cc4)c4ccc(O)cc4)C23c2ccc(O)cc2)cc1. The van der Waals surface area contributed by atoms with Gasteiger partial charge in [-0.05, 0) is 154 Å². The molecule has 7 N–H and O–H groups in total. The first kappa shape index (κ1) is 36.9. The van der Waals surface area contributed by atoms with Crippen molar-refractivity contribution in [2.24, 2.45) is 17.8 Å². The zero-order valence-electron chi connectivity index (χ0n) is 33.1. The van der Waals surface area contributed by atoms with Gasteiger partial charge in [0.2, 0.25) is 0 Å². The van der Waals surface area contributed by atoms with E-state index < -0.39 is 27.1 Å². The van der Waals surface area contributed by atoms with Crippen LogP contribution in [0.5, 0.6) is 40.2 Å². The fourth-order valence-electron chi connectivity index (χ4n) is 14.3. The summed E-state index contributed by atoms with van der Waals surface area (Å²) in [7, 11) is 0. The monoisotopic (exact) mass is 804 g/mol. The predicted octanol–water partition coefficient (Wildman–Crippen LogP) is 9.95. The van der Waals surface area contributed by atoms with Gasteiger partial charge in [0, 0.05) is 27.1 Å². The van der Waals surface area contributed by atoms with Crippen molar-refractivity contribution in [2.45, 2.75) is 39.9 Å². The lowest BCUT2D eigenvalue weighted by atomic mass is 9.30. The lowest BCUT2D eigenvalue weighted by Gasteiger charge is -2.70. The molecule has 4 bridgehead atoms. The number of rotatable bonds is 7. The smallest absolute Gasteiger partial charge is 0.115 e. The van der Waals surface area contributed by atoms with Crippen LogP contribution in [0, 0.1) is 17.8 Å². The Kier molecular flexibility index (Phi) is 7.68. The number of allylic oxidation sites excluding steroid dienone is 2. The molecule has 0 radical (unpaired) electrons. The number of fused-ring (bicyclic) bond motifs is 9. The van der Waals surface area contributed by atoms with Crippen molar-refractivity contribution in [2.75, 3.05) is 0 Å². The van der Waals surface area contributed by atoms with Gasteiger partial charge in [0.05, 0.1) is 0 Å². The zero-order chi connectivity index (χ0) is 41.9. The van der Waals surface area contributed by atoms with E-state index in [9.17, 15) is 35.7 Å². The summed E-state index contributed by atoms with van der Waals surface area (Å²) in [6.07, 6.45) is 6.12. The van der Waals surface area contributed by atoms with Crippen LogP contribution in [-0.4, -0.2) is 35.7 Å². The Morgan fingerprint density at radius 1 is 0.344 bits per heavy atom. The third-order valence-electron chi connectivity index (χ3n) is 15.6. The maximum atomic E-state index is 11.1. The fourth-order valence-corrected chi connectivity index (χ4v) is 14.3. The highest BCUT2D eigenvalue weighted by atomic mass is 16.3. The molecular weight excluding hydrogens is 761 g/mol. The maximum Gasteiger partial charge on any atom is 0.115 e. The van der Waals surface area contributed by atoms with Crippen LogP contribution in [0.15, 0.2) is 182 Å². The molecule has 7 aromatic carbocycles. The topological polar surface area (TPSA) is 142 Å².